The van der Waals surface area contributed by atoms with Crippen LogP contribution in [0.15, 0.2) is 47.7 Å². The van der Waals surface area contributed by atoms with Gasteiger partial charge in [0.25, 0.3) is 0 Å². The molecule has 0 spiro atoms. The van der Waals surface area contributed by atoms with Gasteiger partial charge in [-0.2, -0.15) is 0 Å². The molecule has 1 aliphatic heterocycles. The molecule has 3 unspecified atom stereocenters. The number of guanidine groups is 1. The molecule has 0 amide bonds. The summed E-state index contributed by atoms with van der Waals surface area (Å²) in [4.78, 5) is 17.9. The predicted molar refractivity (Wildman–Crippen MR) is 113 cm³/mol. The van der Waals surface area contributed by atoms with Crippen LogP contribution in [0.2, 0.25) is 0 Å². The van der Waals surface area contributed by atoms with Gasteiger partial charge < -0.3 is 15.5 Å². The fraction of sp³-hybridized carbons (Fsp3) is 0.421. The summed E-state index contributed by atoms with van der Waals surface area (Å²) >= 11 is 0. The first-order chi connectivity index (χ1) is 12.3. The number of nitrogens with two attached hydrogens (primary N) is 1. The van der Waals surface area contributed by atoms with E-state index in [4.69, 9.17) is 10.7 Å². The lowest BCUT2D eigenvalue weighted by Gasteiger charge is -2.35. The Bertz CT molecular complexity index is 803. The van der Waals surface area contributed by atoms with Gasteiger partial charge in [0.15, 0.2) is 5.96 Å². The van der Waals surface area contributed by atoms with Gasteiger partial charge in [0, 0.05) is 44.5 Å². The van der Waals surface area contributed by atoms with E-state index in [1.807, 2.05) is 6.07 Å². The summed E-state index contributed by atoms with van der Waals surface area (Å²) in [6.07, 6.45) is 4.73. The van der Waals surface area contributed by atoms with E-state index in [0.29, 0.717) is 23.8 Å². The van der Waals surface area contributed by atoms with Gasteiger partial charge in [0.2, 0.25) is 5.95 Å². The number of benzene rings is 1. The molecule has 0 bridgehead atoms. The molecule has 3 atom stereocenters. The molecule has 5 rings (SSSR count). The third-order valence-electron chi connectivity index (χ3n) is 5.72. The average molecular weight is 462 g/mol. The summed E-state index contributed by atoms with van der Waals surface area (Å²) < 4.78 is 0. The second-order valence-corrected chi connectivity index (χ2v) is 7.09. The van der Waals surface area contributed by atoms with Crippen molar-refractivity contribution in [2.75, 3.05) is 31.1 Å². The predicted octanol–water partition coefficient (Wildman–Crippen LogP) is 1.87. The molecule has 1 aromatic heterocycles. The van der Waals surface area contributed by atoms with Gasteiger partial charge in [-0.25, -0.2) is 15.0 Å². The zero-order chi connectivity index (χ0) is 16.8. The van der Waals surface area contributed by atoms with E-state index in [1.165, 1.54) is 11.1 Å². The molecule has 1 aromatic carbocycles. The molecule has 136 valence electrons. The van der Waals surface area contributed by atoms with E-state index in [-0.39, 0.29) is 24.0 Å². The van der Waals surface area contributed by atoms with Crippen molar-refractivity contribution in [2.45, 2.75) is 18.4 Å². The molecule has 2 aliphatic carbocycles. The van der Waals surface area contributed by atoms with Crippen molar-refractivity contribution in [2.24, 2.45) is 16.6 Å². The SMILES string of the molecule is I.NC(=NC1C2Cc3ccccc3C21)N1CCN(c2ncccn2)CC1. The Morgan fingerprint density at radius 1 is 1.04 bits per heavy atom. The van der Waals surface area contributed by atoms with Crippen LogP contribution in [-0.4, -0.2) is 53.0 Å². The van der Waals surface area contributed by atoms with Crippen LogP contribution in [0.1, 0.15) is 17.0 Å². The van der Waals surface area contributed by atoms with Gasteiger partial charge in [-0.05, 0) is 29.5 Å². The topological polar surface area (TPSA) is 70.6 Å². The minimum Gasteiger partial charge on any atom is -0.370 e. The van der Waals surface area contributed by atoms with Crippen molar-refractivity contribution in [1.82, 2.24) is 14.9 Å². The highest BCUT2D eigenvalue weighted by Crippen LogP contribution is 2.58. The quantitative estimate of drug-likeness (QED) is 0.419. The molecule has 6 nitrogen and oxygen atoms in total. The minimum atomic E-state index is 0. The first kappa shape index (κ1) is 17.5. The number of rotatable bonds is 2. The minimum absolute atomic E-state index is 0. The second-order valence-electron chi connectivity index (χ2n) is 7.09. The van der Waals surface area contributed by atoms with Gasteiger partial charge >= 0.3 is 0 Å². The second kappa shape index (κ2) is 7.02. The highest BCUT2D eigenvalue weighted by molar-refractivity contribution is 14.0. The Labute approximate surface area is 170 Å². The van der Waals surface area contributed by atoms with E-state index >= 15 is 0 Å². The smallest absolute Gasteiger partial charge is 0.225 e. The standard InChI is InChI=1S/C19H22N6.HI/c20-18(23-17-15-12-13-4-1-2-5-14(13)16(15)17)24-8-10-25(11-9-24)19-21-6-3-7-22-19;/h1-7,15-17H,8-12H2,(H2,20,23);1H. The molecule has 2 N–H and O–H groups in total. The van der Waals surface area contributed by atoms with E-state index in [0.717, 1.165) is 38.5 Å². The summed E-state index contributed by atoms with van der Waals surface area (Å²) in [6, 6.07) is 11.0. The Hall–Kier alpha value is -1.90. The van der Waals surface area contributed by atoms with Crippen LogP contribution in [-0.2, 0) is 6.42 Å². The number of hydrogen-bond acceptors (Lipinski definition) is 4. The largest absolute Gasteiger partial charge is 0.370 e. The molecule has 26 heavy (non-hydrogen) atoms. The first-order valence-corrected chi connectivity index (χ1v) is 8.99. The summed E-state index contributed by atoms with van der Waals surface area (Å²) in [5.74, 6) is 2.75. The van der Waals surface area contributed by atoms with Gasteiger partial charge in [-0.3, -0.25) is 0 Å². The highest BCUT2D eigenvalue weighted by atomic mass is 127. The number of aliphatic imine (C=N–C) groups is 1. The van der Waals surface area contributed by atoms with Crippen LogP contribution in [0.4, 0.5) is 5.95 Å². The summed E-state index contributed by atoms with van der Waals surface area (Å²) in [5.41, 5.74) is 9.31. The first-order valence-electron chi connectivity index (χ1n) is 8.99. The molecule has 1 saturated heterocycles. The maximum Gasteiger partial charge on any atom is 0.225 e. The Morgan fingerprint density at radius 3 is 2.54 bits per heavy atom. The maximum absolute atomic E-state index is 6.32. The number of halogens is 1. The molecule has 0 radical (unpaired) electrons. The Kier molecular flexibility index (Phi) is 4.73. The van der Waals surface area contributed by atoms with Crippen molar-refractivity contribution < 1.29 is 0 Å². The third-order valence-corrected chi connectivity index (χ3v) is 5.72. The molecular formula is C19H23IN6. The van der Waals surface area contributed by atoms with Crippen LogP contribution < -0.4 is 10.6 Å². The van der Waals surface area contributed by atoms with E-state index in [9.17, 15) is 0 Å². The molecule has 1 saturated carbocycles. The zero-order valence-corrected chi connectivity index (χ0v) is 16.9. The normalized spacial score (nSPS) is 26.8. The van der Waals surface area contributed by atoms with Crippen LogP contribution in [0, 0.1) is 5.92 Å². The van der Waals surface area contributed by atoms with Crippen molar-refractivity contribution in [3.8, 4) is 0 Å². The molecule has 7 heteroatoms. The number of anilines is 1. The zero-order valence-electron chi connectivity index (χ0n) is 14.5. The van der Waals surface area contributed by atoms with Gasteiger partial charge in [0.05, 0.1) is 6.04 Å². The van der Waals surface area contributed by atoms with Crippen LogP contribution in [0.5, 0.6) is 0 Å². The van der Waals surface area contributed by atoms with Crippen LogP contribution >= 0.6 is 24.0 Å². The summed E-state index contributed by atoms with van der Waals surface area (Å²) in [7, 11) is 0. The van der Waals surface area contributed by atoms with E-state index in [2.05, 4.69) is 44.0 Å². The Morgan fingerprint density at radius 2 is 1.77 bits per heavy atom. The van der Waals surface area contributed by atoms with Gasteiger partial charge in [0.1, 0.15) is 0 Å². The lowest BCUT2D eigenvalue weighted by molar-refractivity contribution is 0.377. The maximum atomic E-state index is 6.32. The monoisotopic (exact) mass is 462 g/mol. The summed E-state index contributed by atoms with van der Waals surface area (Å²) in [6.45, 7) is 3.49. The number of aromatic nitrogens is 2. The van der Waals surface area contributed by atoms with Gasteiger partial charge in [-0.15, -0.1) is 24.0 Å². The van der Waals surface area contributed by atoms with Crippen molar-refractivity contribution in [1.29, 1.82) is 0 Å². The number of piperazine rings is 1. The lowest BCUT2D eigenvalue weighted by Crippen LogP contribution is -2.51. The number of nitrogens with zero attached hydrogens (tertiary/aromatic N) is 5. The fourth-order valence-electron chi connectivity index (χ4n) is 4.32. The number of fused-ring (bicyclic) bond motifs is 3. The molecule has 2 aromatic rings. The summed E-state index contributed by atoms with van der Waals surface area (Å²) in [5, 5.41) is 0. The van der Waals surface area contributed by atoms with E-state index in [1.54, 1.807) is 12.4 Å². The molecule has 2 fully saturated rings. The number of hydrogen-bond donors (Lipinski definition) is 1. The molecule has 2 heterocycles. The van der Waals surface area contributed by atoms with E-state index < -0.39 is 0 Å². The Balaban J connectivity index is 0.00000168. The van der Waals surface area contributed by atoms with Crippen molar-refractivity contribution in [3.05, 3.63) is 53.9 Å². The average Bonchev–Trinajstić information content (AvgIpc) is 3.18. The molecule has 3 aliphatic rings. The van der Waals surface area contributed by atoms with Crippen molar-refractivity contribution >= 4 is 35.9 Å². The van der Waals surface area contributed by atoms with Crippen LogP contribution in [0.3, 0.4) is 0 Å². The highest BCUT2D eigenvalue weighted by Gasteiger charge is 2.56. The molecular weight excluding hydrogens is 439 g/mol. The van der Waals surface area contributed by atoms with Crippen LogP contribution in [0.25, 0.3) is 0 Å². The fourth-order valence-corrected chi connectivity index (χ4v) is 4.32. The third kappa shape index (κ3) is 3.02. The lowest BCUT2D eigenvalue weighted by atomic mass is 10.1. The van der Waals surface area contributed by atoms with Gasteiger partial charge in [-0.1, -0.05) is 24.3 Å². The van der Waals surface area contributed by atoms with Crippen molar-refractivity contribution in [3.63, 3.8) is 0 Å².